The molecule has 31 heavy (non-hydrogen) atoms. The number of rotatable bonds is 6. The van der Waals surface area contributed by atoms with E-state index >= 15 is 0 Å². The molecule has 3 aromatic rings. The smallest absolute Gasteiger partial charge is 0.263 e. The Bertz CT molecular complexity index is 1310. The van der Waals surface area contributed by atoms with Crippen molar-refractivity contribution in [2.24, 2.45) is 0 Å². The molecule has 0 unspecified atom stereocenters. The number of anilines is 1. The van der Waals surface area contributed by atoms with E-state index in [0.717, 1.165) is 23.8 Å². The van der Waals surface area contributed by atoms with E-state index < -0.39 is 21.7 Å². The molecule has 10 heteroatoms. The van der Waals surface area contributed by atoms with Crippen molar-refractivity contribution in [2.75, 3.05) is 4.72 Å². The normalized spacial score (nSPS) is 11.2. The number of benzene rings is 2. The monoisotopic (exact) mass is 463 g/mol. The molecule has 0 atom stereocenters. The van der Waals surface area contributed by atoms with Crippen LogP contribution in [0.25, 0.3) is 0 Å². The fourth-order valence-corrected chi connectivity index (χ4v) is 4.54. The number of nitrogens with one attached hydrogen (secondary N) is 3. The first-order valence-electron chi connectivity index (χ1n) is 9.12. The molecule has 2 aromatic carbocycles. The number of carbonyl (C=O) groups excluding carboxylic acids is 1. The molecule has 0 bridgehead atoms. The van der Waals surface area contributed by atoms with Gasteiger partial charge in [0.05, 0.1) is 5.02 Å². The van der Waals surface area contributed by atoms with Crippen LogP contribution in [0.15, 0.2) is 58.2 Å². The van der Waals surface area contributed by atoms with E-state index in [1.165, 1.54) is 24.3 Å². The molecule has 0 aliphatic rings. The molecule has 7 nitrogen and oxygen atoms in total. The molecule has 0 aliphatic carbocycles. The van der Waals surface area contributed by atoms with Gasteiger partial charge in [0.2, 0.25) is 0 Å². The number of H-pyrrole nitrogens is 1. The van der Waals surface area contributed by atoms with Crippen molar-refractivity contribution in [1.29, 1.82) is 0 Å². The first-order valence-corrected chi connectivity index (χ1v) is 11.0. The standard InChI is InChI=1S/C21H19ClFN3O4S/c1-12-9-13(2)25-21(28)17(12)11-24-20(27)14-3-8-18(22)19(10-14)31(29,30)26-16-6-4-15(23)5-7-16/h3-10,26H,11H2,1-2H3,(H,24,27)(H,25,28). The number of aromatic amines is 1. The summed E-state index contributed by atoms with van der Waals surface area (Å²) < 4.78 is 40.8. The first kappa shape index (κ1) is 22.5. The molecule has 3 rings (SSSR count). The van der Waals surface area contributed by atoms with Crippen LogP contribution < -0.4 is 15.6 Å². The third-order valence-corrected chi connectivity index (χ3v) is 6.36. The molecule has 0 aliphatic heterocycles. The summed E-state index contributed by atoms with van der Waals surface area (Å²) in [6, 6.07) is 10.3. The highest BCUT2D eigenvalue weighted by Gasteiger charge is 2.21. The Morgan fingerprint density at radius 2 is 1.77 bits per heavy atom. The molecule has 0 fully saturated rings. The summed E-state index contributed by atoms with van der Waals surface area (Å²) in [6.45, 7) is 3.49. The van der Waals surface area contributed by atoms with Gasteiger partial charge in [-0.15, -0.1) is 0 Å². The average Bonchev–Trinajstić information content (AvgIpc) is 2.68. The second-order valence-corrected chi connectivity index (χ2v) is 8.94. The molecular weight excluding hydrogens is 445 g/mol. The number of aryl methyl sites for hydroxylation is 2. The maximum atomic E-state index is 13.0. The maximum Gasteiger partial charge on any atom is 0.263 e. The van der Waals surface area contributed by atoms with Gasteiger partial charge in [-0.05, 0) is 67.9 Å². The minimum atomic E-state index is -4.14. The molecule has 0 saturated carbocycles. The summed E-state index contributed by atoms with van der Waals surface area (Å²) in [4.78, 5) is 27.0. The first-order chi connectivity index (χ1) is 14.6. The molecule has 0 spiro atoms. The zero-order chi connectivity index (χ0) is 22.8. The highest BCUT2D eigenvalue weighted by atomic mass is 35.5. The van der Waals surface area contributed by atoms with Crippen LogP contribution in [0.3, 0.4) is 0 Å². The lowest BCUT2D eigenvalue weighted by molar-refractivity contribution is 0.0950. The lowest BCUT2D eigenvalue weighted by Crippen LogP contribution is -2.28. The Kier molecular flexibility index (Phi) is 6.47. The molecule has 162 valence electrons. The number of hydrogen-bond acceptors (Lipinski definition) is 4. The van der Waals surface area contributed by atoms with E-state index in [2.05, 4.69) is 15.0 Å². The van der Waals surface area contributed by atoms with Gasteiger partial charge in [-0.2, -0.15) is 0 Å². The van der Waals surface area contributed by atoms with E-state index in [9.17, 15) is 22.4 Å². The van der Waals surface area contributed by atoms with Crippen molar-refractivity contribution in [1.82, 2.24) is 10.3 Å². The lowest BCUT2D eigenvalue weighted by atomic mass is 10.1. The number of carbonyl (C=O) groups is 1. The predicted molar refractivity (Wildman–Crippen MR) is 116 cm³/mol. The predicted octanol–water partition coefficient (Wildman–Crippen LogP) is 3.52. The fourth-order valence-electron chi connectivity index (χ4n) is 2.95. The summed E-state index contributed by atoms with van der Waals surface area (Å²) in [5, 5.41) is 2.53. The Labute approximate surface area is 183 Å². The topological polar surface area (TPSA) is 108 Å². The number of amides is 1. The van der Waals surface area contributed by atoms with Gasteiger partial charge < -0.3 is 10.3 Å². The van der Waals surface area contributed by atoms with Crippen LogP contribution in [-0.4, -0.2) is 19.3 Å². The van der Waals surface area contributed by atoms with Gasteiger partial charge in [-0.3, -0.25) is 14.3 Å². The van der Waals surface area contributed by atoms with Crippen molar-refractivity contribution in [3.05, 3.63) is 92.1 Å². The summed E-state index contributed by atoms with van der Waals surface area (Å²) in [5.41, 5.74) is 1.72. The van der Waals surface area contributed by atoms with Crippen LogP contribution >= 0.6 is 11.6 Å². The van der Waals surface area contributed by atoms with Crippen molar-refractivity contribution < 1.29 is 17.6 Å². The van der Waals surface area contributed by atoms with Crippen LogP contribution in [0.1, 0.15) is 27.2 Å². The summed E-state index contributed by atoms with van der Waals surface area (Å²) >= 11 is 6.05. The van der Waals surface area contributed by atoms with E-state index in [1.54, 1.807) is 19.9 Å². The minimum Gasteiger partial charge on any atom is -0.348 e. The second kappa shape index (κ2) is 8.91. The zero-order valence-corrected chi connectivity index (χ0v) is 18.2. The zero-order valence-electron chi connectivity index (χ0n) is 16.6. The molecule has 1 heterocycles. The average molecular weight is 464 g/mol. The van der Waals surface area contributed by atoms with Gasteiger partial charge in [0.15, 0.2) is 0 Å². The van der Waals surface area contributed by atoms with E-state index in [1.807, 2.05) is 0 Å². The highest BCUT2D eigenvalue weighted by molar-refractivity contribution is 7.92. The van der Waals surface area contributed by atoms with Crippen molar-refractivity contribution in [3.63, 3.8) is 0 Å². The number of hydrogen-bond donors (Lipinski definition) is 3. The van der Waals surface area contributed by atoms with Crippen molar-refractivity contribution in [2.45, 2.75) is 25.3 Å². The van der Waals surface area contributed by atoms with Crippen LogP contribution in [0.4, 0.5) is 10.1 Å². The SMILES string of the molecule is Cc1cc(C)c(CNC(=O)c2ccc(Cl)c(S(=O)(=O)Nc3ccc(F)cc3)c2)c(=O)[nH]1. The molecule has 0 radical (unpaired) electrons. The third-order valence-electron chi connectivity index (χ3n) is 4.50. The molecule has 1 aromatic heterocycles. The van der Waals surface area contributed by atoms with Crippen LogP contribution in [-0.2, 0) is 16.6 Å². The van der Waals surface area contributed by atoms with E-state index in [-0.39, 0.29) is 33.3 Å². The van der Waals surface area contributed by atoms with E-state index in [0.29, 0.717) is 11.3 Å². The Hall–Kier alpha value is -3.17. The number of halogens is 2. The van der Waals surface area contributed by atoms with Gasteiger partial charge in [-0.1, -0.05) is 11.6 Å². The molecular formula is C21H19ClFN3O4S. The fraction of sp³-hybridized carbons (Fsp3) is 0.143. The molecule has 3 N–H and O–H groups in total. The number of sulfonamides is 1. The third kappa shape index (κ3) is 5.31. The van der Waals surface area contributed by atoms with Gasteiger partial charge in [0.25, 0.3) is 21.5 Å². The van der Waals surface area contributed by atoms with Crippen molar-refractivity contribution in [3.8, 4) is 0 Å². The van der Waals surface area contributed by atoms with Gasteiger partial charge in [-0.25, -0.2) is 12.8 Å². The second-order valence-electron chi connectivity index (χ2n) is 6.88. The quantitative estimate of drug-likeness (QED) is 0.519. The van der Waals surface area contributed by atoms with Crippen LogP contribution in [0.5, 0.6) is 0 Å². The van der Waals surface area contributed by atoms with Crippen LogP contribution in [0, 0.1) is 19.7 Å². The molecule has 1 amide bonds. The van der Waals surface area contributed by atoms with Crippen LogP contribution in [0.2, 0.25) is 5.02 Å². The maximum absolute atomic E-state index is 13.0. The summed E-state index contributed by atoms with van der Waals surface area (Å²) in [5.74, 6) is -1.09. The van der Waals surface area contributed by atoms with Crippen molar-refractivity contribution >= 4 is 33.2 Å². The number of pyridine rings is 1. The minimum absolute atomic E-state index is 0.0289. The van der Waals surface area contributed by atoms with Gasteiger partial charge in [0, 0.05) is 29.1 Å². The van der Waals surface area contributed by atoms with Gasteiger partial charge >= 0.3 is 0 Å². The largest absolute Gasteiger partial charge is 0.348 e. The Morgan fingerprint density at radius 3 is 2.42 bits per heavy atom. The van der Waals surface area contributed by atoms with Gasteiger partial charge in [0.1, 0.15) is 10.7 Å². The molecule has 0 saturated heterocycles. The highest BCUT2D eigenvalue weighted by Crippen LogP contribution is 2.25. The lowest BCUT2D eigenvalue weighted by Gasteiger charge is -2.12. The number of aromatic nitrogens is 1. The summed E-state index contributed by atoms with van der Waals surface area (Å²) in [7, 11) is -4.14. The Balaban J connectivity index is 1.82. The Morgan fingerprint density at radius 1 is 1.10 bits per heavy atom. The summed E-state index contributed by atoms with van der Waals surface area (Å²) in [6.07, 6.45) is 0. The van der Waals surface area contributed by atoms with E-state index in [4.69, 9.17) is 11.6 Å².